The van der Waals surface area contributed by atoms with Crippen LogP contribution in [0.15, 0.2) is 24.3 Å². The summed E-state index contributed by atoms with van der Waals surface area (Å²) in [4.78, 5) is 25.2. The number of amides is 2. The predicted octanol–water partition coefficient (Wildman–Crippen LogP) is 3.64. The van der Waals surface area contributed by atoms with Gasteiger partial charge in [0.15, 0.2) is 0 Å². The van der Waals surface area contributed by atoms with Crippen LogP contribution < -0.4 is 10.2 Å². The first-order chi connectivity index (χ1) is 10.8. The van der Waals surface area contributed by atoms with E-state index < -0.39 is 0 Å². The van der Waals surface area contributed by atoms with Crippen LogP contribution in [-0.4, -0.2) is 24.9 Å². The smallest absolute Gasteiger partial charge is 0.223 e. The van der Waals surface area contributed by atoms with Gasteiger partial charge in [0, 0.05) is 32.1 Å². The van der Waals surface area contributed by atoms with Crippen molar-refractivity contribution in [1.29, 1.82) is 0 Å². The van der Waals surface area contributed by atoms with E-state index in [2.05, 4.69) is 45.1 Å². The normalized spacial score (nSPS) is 11.2. The van der Waals surface area contributed by atoms with E-state index >= 15 is 0 Å². The van der Waals surface area contributed by atoms with Crippen LogP contribution in [0.3, 0.4) is 0 Å². The van der Waals surface area contributed by atoms with Crippen molar-refractivity contribution in [2.75, 3.05) is 18.0 Å². The zero-order valence-corrected chi connectivity index (χ0v) is 15.1. The van der Waals surface area contributed by atoms with Crippen molar-refractivity contribution in [2.45, 2.75) is 59.3 Å². The molecular formula is C19H30N2O2. The summed E-state index contributed by atoms with van der Waals surface area (Å²) in [5.41, 5.74) is 2.19. The van der Waals surface area contributed by atoms with Crippen LogP contribution in [0.2, 0.25) is 0 Å². The Morgan fingerprint density at radius 1 is 1.13 bits per heavy atom. The van der Waals surface area contributed by atoms with Crippen LogP contribution in [-0.2, 0) is 15.0 Å². The van der Waals surface area contributed by atoms with Gasteiger partial charge in [-0.3, -0.25) is 9.59 Å². The van der Waals surface area contributed by atoms with Gasteiger partial charge < -0.3 is 10.2 Å². The first-order valence-corrected chi connectivity index (χ1v) is 8.41. The molecule has 128 valence electrons. The van der Waals surface area contributed by atoms with Gasteiger partial charge in [-0.1, -0.05) is 46.2 Å². The Labute approximate surface area is 140 Å². The van der Waals surface area contributed by atoms with Gasteiger partial charge in [0.25, 0.3) is 0 Å². The Morgan fingerprint density at radius 2 is 1.74 bits per heavy atom. The third kappa shape index (κ3) is 6.43. The van der Waals surface area contributed by atoms with E-state index in [1.165, 1.54) is 5.56 Å². The molecule has 0 saturated carbocycles. The number of benzene rings is 1. The number of carbonyl (C=O) groups is 2. The molecule has 0 aliphatic carbocycles. The molecule has 4 nitrogen and oxygen atoms in total. The molecular weight excluding hydrogens is 288 g/mol. The lowest BCUT2D eigenvalue weighted by atomic mass is 9.87. The van der Waals surface area contributed by atoms with E-state index in [0.717, 1.165) is 18.5 Å². The SMILES string of the molecule is CCCCC(=O)NCCN(C(C)=O)c1ccc(C(C)(C)C)cc1. The molecule has 1 aromatic rings. The average molecular weight is 318 g/mol. The summed E-state index contributed by atoms with van der Waals surface area (Å²) in [6.07, 6.45) is 2.46. The molecule has 0 spiro atoms. The van der Waals surface area contributed by atoms with Gasteiger partial charge in [-0.25, -0.2) is 0 Å². The first-order valence-electron chi connectivity index (χ1n) is 8.41. The quantitative estimate of drug-likeness (QED) is 0.834. The summed E-state index contributed by atoms with van der Waals surface area (Å²) in [6, 6.07) is 8.07. The van der Waals surface area contributed by atoms with E-state index in [4.69, 9.17) is 0 Å². The minimum Gasteiger partial charge on any atom is -0.354 e. The van der Waals surface area contributed by atoms with Crippen molar-refractivity contribution in [3.05, 3.63) is 29.8 Å². The molecule has 1 aromatic carbocycles. The van der Waals surface area contributed by atoms with Gasteiger partial charge in [-0.15, -0.1) is 0 Å². The molecule has 4 heteroatoms. The molecule has 0 bridgehead atoms. The number of nitrogens with zero attached hydrogens (tertiary/aromatic N) is 1. The standard InChI is InChI=1S/C19H30N2O2/c1-6-7-8-18(23)20-13-14-21(15(2)22)17-11-9-16(10-12-17)19(3,4)5/h9-12H,6-8,13-14H2,1-5H3,(H,20,23). The fourth-order valence-corrected chi connectivity index (χ4v) is 2.34. The monoisotopic (exact) mass is 318 g/mol. The maximum absolute atomic E-state index is 11.9. The van der Waals surface area contributed by atoms with Crippen molar-refractivity contribution in [3.63, 3.8) is 0 Å². The number of hydrogen-bond acceptors (Lipinski definition) is 2. The van der Waals surface area contributed by atoms with Crippen LogP contribution in [0.5, 0.6) is 0 Å². The third-order valence-electron chi connectivity index (χ3n) is 3.84. The van der Waals surface area contributed by atoms with Crippen LogP contribution in [0, 0.1) is 0 Å². The van der Waals surface area contributed by atoms with E-state index in [1.54, 1.807) is 11.8 Å². The van der Waals surface area contributed by atoms with Gasteiger partial charge in [-0.05, 0) is 29.5 Å². The highest BCUT2D eigenvalue weighted by atomic mass is 16.2. The second-order valence-corrected chi connectivity index (χ2v) is 6.92. The van der Waals surface area contributed by atoms with Crippen molar-refractivity contribution in [3.8, 4) is 0 Å². The molecule has 2 amide bonds. The Bertz CT molecular complexity index is 515. The number of anilines is 1. The highest BCUT2D eigenvalue weighted by Gasteiger charge is 2.16. The van der Waals surface area contributed by atoms with Crippen molar-refractivity contribution >= 4 is 17.5 Å². The number of rotatable bonds is 7. The number of hydrogen-bond donors (Lipinski definition) is 1. The molecule has 0 fully saturated rings. The number of unbranched alkanes of at least 4 members (excludes halogenated alkanes) is 1. The minimum absolute atomic E-state index is 0.0173. The molecule has 0 aliphatic rings. The molecule has 0 heterocycles. The van der Waals surface area contributed by atoms with Gasteiger partial charge >= 0.3 is 0 Å². The molecule has 0 radical (unpaired) electrons. The number of nitrogens with one attached hydrogen (secondary N) is 1. The molecule has 1 rings (SSSR count). The van der Waals surface area contributed by atoms with E-state index in [0.29, 0.717) is 19.5 Å². The second kappa shape index (κ2) is 8.70. The molecule has 1 N–H and O–H groups in total. The highest BCUT2D eigenvalue weighted by molar-refractivity contribution is 5.91. The van der Waals surface area contributed by atoms with Gasteiger partial charge in [0.1, 0.15) is 0 Å². The summed E-state index contributed by atoms with van der Waals surface area (Å²) in [6.45, 7) is 11.1. The van der Waals surface area contributed by atoms with Crippen molar-refractivity contribution in [1.82, 2.24) is 5.32 Å². The van der Waals surface area contributed by atoms with Crippen LogP contribution in [0.25, 0.3) is 0 Å². The summed E-state index contributed by atoms with van der Waals surface area (Å²) >= 11 is 0. The zero-order chi connectivity index (χ0) is 17.5. The molecule has 0 saturated heterocycles. The van der Waals surface area contributed by atoms with E-state index in [1.807, 2.05) is 12.1 Å². The van der Waals surface area contributed by atoms with Crippen molar-refractivity contribution < 1.29 is 9.59 Å². The zero-order valence-electron chi connectivity index (χ0n) is 15.1. The molecule has 23 heavy (non-hydrogen) atoms. The molecule has 0 unspecified atom stereocenters. The predicted molar refractivity (Wildman–Crippen MR) is 95.7 cm³/mol. The summed E-state index contributed by atoms with van der Waals surface area (Å²) in [5, 5.41) is 2.88. The minimum atomic E-state index is -0.0173. The Morgan fingerprint density at radius 3 is 2.22 bits per heavy atom. The van der Waals surface area contributed by atoms with Crippen LogP contribution >= 0.6 is 0 Å². The van der Waals surface area contributed by atoms with Crippen LogP contribution in [0.4, 0.5) is 5.69 Å². The molecule has 0 atom stereocenters. The largest absolute Gasteiger partial charge is 0.354 e. The van der Waals surface area contributed by atoms with Gasteiger partial charge in [0.05, 0.1) is 0 Å². The average Bonchev–Trinajstić information content (AvgIpc) is 2.48. The maximum Gasteiger partial charge on any atom is 0.223 e. The summed E-state index contributed by atoms with van der Waals surface area (Å²) in [7, 11) is 0. The summed E-state index contributed by atoms with van der Waals surface area (Å²) < 4.78 is 0. The third-order valence-corrected chi connectivity index (χ3v) is 3.84. The summed E-state index contributed by atoms with van der Waals surface area (Å²) in [5.74, 6) is 0.0368. The first kappa shape index (κ1) is 19.2. The lowest BCUT2D eigenvalue weighted by molar-refractivity contribution is -0.121. The highest BCUT2D eigenvalue weighted by Crippen LogP contribution is 2.24. The fraction of sp³-hybridized carbons (Fsp3) is 0.579. The Kier molecular flexibility index (Phi) is 7.27. The lowest BCUT2D eigenvalue weighted by Crippen LogP contribution is -2.37. The van der Waals surface area contributed by atoms with Gasteiger partial charge in [0.2, 0.25) is 11.8 Å². The second-order valence-electron chi connectivity index (χ2n) is 6.92. The fourth-order valence-electron chi connectivity index (χ4n) is 2.34. The van der Waals surface area contributed by atoms with Crippen LogP contribution in [0.1, 0.15) is 59.4 Å². The maximum atomic E-state index is 11.9. The van der Waals surface area contributed by atoms with E-state index in [-0.39, 0.29) is 17.2 Å². The topological polar surface area (TPSA) is 49.4 Å². The Balaban J connectivity index is 2.65. The molecule has 0 aliphatic heterocycles. The molecule has 0 aromatic heterocycles. The van der Waals surface area contributed by atoms with Crippen molar-refractivity contribution in [2.24, 2.45) is 0 Å². The Hall–Kier alpha value is -1.84. The van der Waals surface area contributed by atoms with E-state index in [9.17, 15) is 9.59 Å². The number of carbonyl (C=O) groups excluding carboxylic acids is 2. The van der Waals surface area contributed by atoms with Gasteiger partial charge in [-0.2, -0.15) is 0 Å². The lowest BCUT2D eigenvalue weighted by Gasteiger charge is -2.24.